The Bertz CT molecular complexity index is 725. The minimum absolute atomic E-state index is 0.132. The van der Waals surface area contributed by atoms with Gasteiger partial charge >= 0.3 is 0 Å². The molecule has 0 N–H and O–H groups in total. The zero-order chi connectivity index (χ0) is 17.8. The molecule has 1 aromatic heterocycles. The maximum atomic E-state index is 12.7. The summed E-state index contributed by atoms with van der Waals surface area (Å²) < 4.78 is 11.5. The van der Waals surface area contributed by atoms with Crippen molar-refractivity contribution in [2.45, 2.75) is 51.0 Å². The molecule has 2 aliphatic rings. The summed E-state index contributed by atoms with van der Waals surface area (Å²) in [5, 5.41) is 8.32. The van der Waals surface area contributed by atoms with Gasteiger partial charge in [0, 0.05) is 19.0 Å². The third kappa shape index (κ3) is 3.89. The van der Waals surface area contributed by atoms with Crippen molar-refractivity contribution in [2.75, 3.05) is 13.1 Å². The Kier molecular flexibility index (Phi) is 5.18. The van der Waals surface area contributed by atoms with E-state index in [1.807, 2.05) is 35.2 Å². The van der Waals surface area contributed by atoms with Gasteiger partial charge in [0.05, 0.1) is 5.92 Å². The summed E-state index contributed by atoms with van der Waals surface area (Å²) in [6, 6.07) is 9.58. The van der Waals surface area contributed by atoms with E-state index < -0.39 is 0 Å². The summed E-state index contributed by atoms with van der Waals surface area (Å²) in [6.07, 6.45) is 6.42. The van der Waals surface area contributed by atoms with Gasteiger partial charge in [-0.15, -0.1) is 10.2 Å². The number of benzene rings is 1. The van der Waals surface area contributed by atoms with E-state index in [0.717, 1.165) is 38.0 Å². The number of aromatic nitrogens is 2. The van der Waals surface area contributed by atoms with E-state index >= 15 is 0 Å². The summed E-state index contributed by atoms with van der Waals surface area (Å²) in [4.78, 5) is 14.7. The third-order valence-corrected chi connectivity index (χ3v) is 5.37. The van der Waals surface area contributed by atoms with Crippen LogP contribution in [0.2, 0.25) is 0 Å². The molecule has 1 unspecified atom stereocenters. The fourth-order valence-electron chi connectivity index (χ4n) is 3.96. The highest BCUT2D eigenvalue weighted by Crippen LogP contribution is 2.31. The van der Waals surface area contributed by atoms with Crippen LogP contribution in [0.5, 0.6) is 5.75 Å². The first kappa shape index (κ1) is 17.1. The molecular formula is C20H25N3O3. The molecule has 2 heterocycles. The zero-order valence-electron chi connectivity index (χ0n) is 15.0. The second-order valence-electron chi connectivity index (χ2n) is 7.24. The number of rotatable bonds is 5. The number of amides is 1. The molecular weight excluding hydrogens is 330 g/mol. The fourth-order valence-corrected chi connectivity index (χ4v) is 3.96. The van der Waals surface area contributed by atoms with E-state index in [4.69, 9.17) is 9.15 Å². The molecule has 1 aromatic carbocycles. The van der Waals surface area contributed by atoms with Gasteiger partial charge in [0.25, 0.3) is 5.89 Å². The van der Waals surface area contributed by atoms with Crippen LogP contribution >= 0.6 is 0 Å². The third-order valence-electron chi connectivity index (χ3n) is 5.37. The SMILES string of the molecule is O=C(C1CCCC1)N1CCCC(c2nnc(COc3ccccc3)o2)C1. The molecule has 1 saturated carbocycles. The first-order valence-corrected chi connectivity index (χ1v) is 9.58. The number of carbonyl (C=O) groups excluding carboxylic acids is 1. The molecule has 1 aliphatic heterocycles. The number of nitrogens with zero attached hydrogens (tertiary/aromatic N) is 3. The standard InChI is InChI=1S/C20H25N3O3/c24-20(15-7-4-5-8-15)23-12-6-9-16(13-23)19-22-21-18(26-19)14-25-17-10-2-1-3-11-17/h1-3,10-11,15-16H,4-9,12-14H2. The lowest BCUT2D eigenvalue weighted by Crippen LogP contribution is -2.41. The zero-order valence-corrected chi connectivity index (χ0v) is 15.0. The van der Waals surface area contributed by atoms with Crippen molar-refractivity contribution in [3.63, 3.8) is 0 Å². The molecule has 26 heavy (non-hydrogen) atoms. The fraction of sp³-hybridized carbons (Fsp3) is 0.550. The smallest absolute Gasteiger partial charge is 0.253 e. The lowest BCUT2D eigenvalue weighted by Gasteiger charge is -2.32. The molecule has 2 aromatic rings. The van der Waals surface area contributed by atoms with Crippen LogP contribution < -0.4 is 4.74 Å². The predicted molar refractivity (Wildman–Crippen MR) is 95.6 cm³/mol. The first-order valence-electron chi connectivity index (χ1n) is 9.58. The van der Waals surface area contributed by atoms with Crippen LogP contribution in [0.15, 0.2) is 34.7 Å². The molecule has 138 valence electrons. The largest absolute Gasteiger partial charge is 0.484 e. The Morgan fingerprint density at radius 1 is 1.12 bits per heavy atom. The summed E-state index contributed by atoms with van der Waals surface area (Å²) in [5.74, 6) is 2.56. The lowest BCUT2D eigenvalue weighted by molar-refractivity contribution is -0.136. The van der Waals surface area contributed by atoms with E-state index in [9.17, 15) is 4.79 Å². The molecule has 1 aliphatic carbocycles. The Labute approximate surface area is 153 Å². The van der Waals surface area contributed by atoms with Gasteiger partial charge < -0.3 is 14.1 Å². The summed E-state index contributed by atoms with van der Waals surface area (Å²) in [6.45, 7) is 1.80. The number of ether oxygens (including phenoxy) is 1. The lowest BCUT2D eigenvalue weighted by atomic mass is 9.96. The van der Waals surface area contributed by atoms with Gasteiger partial charge in [0.15, 0.2) is 6.61 Å². The maximum Gasteiger partial charge on any atom is 0.253 e. The molecule has 1 atom stereocenters. The van der Waals surface area contributed by atoms with E-state index in [1.165, 1.54) is 12.8 Å². The van der Waals surface area contributed by atoms with Crippen LogP contribution in [0, 0.1) is 5.92 Å². The molecule has 0 radical (unpaired) electrons. The Hall–Kier alpha value is -2.37. The number of para-hydroxylation sites is 1. The van der Waals surface area contributed by atoms with E-state index in [-0.39, 0.29) is 18.4 Å². The number of hydrogen-bond donors (Lipinski definition) is 0. The molecule has 0 spiro atoms. The van der Waals surface area contributed by atoms with Crippen molar-refractivity contribution >= 4 is 5.91 Å². The van der Waals surface area contributed by atoms with Crippen molar-refractivity contribution in [3.8, 4) is 5.75 Å². The molecule has 1 saturated heterocycles. The quantitative estimate of drug-likeness (QED) is 0.820. The summed E-state index contributed by atoms with van der Waals surface area (Å²) >= 11 is 0. The summed E-state index contributed by atoms with van der Waals surface area (Å²) in [7, 11) is 0. The van der Waals surface area contributed by atoms with Crippen LogP contribution in [-0.2, 0) is 11.4 Å². The van der Waals surface area contributed by atoms with E-state index in [1.54, 1.807) is 0 Å². The predicted octanol–water partition coefficient (Wildman–Crippen LogP) is 3.54. The Morgan fingerprint density at radius 3 is 2.73 bits per heavy atom. The highest BCUT2D eigenvalue weighted by Gasteiger charge is 2.32. The first-order chi connectivity index (χ1) is 12.8. The number of hydrogen-bond acceptors (Lipinski definition) is 5. The van der Waals surface area contributed by atoms with Crippen LogP contribution in [-0.4, -0.2) is 34.1 Å². The second-order valence-corrected chi connectivity index (χ2v) is 7.24. The topological polar surface area (TPSA) is 68.5 Å². The Balaban J connectivity index is 1.35. The van der Waals surface area contributed by atoms with Gasteiger partial charge in [-0.2, -0.15) is 0 Å². The van der Waals surface area contributed by atoms with Gasteiger partial charge in [0.2, 0.25) is 11.8 Å². The minimum Gasteiger partial charge on any atom is -0.484 e. The van der Waals surface area contributed by atoms with E-state index in [2.05, 4.69) is 10.2 Å². The minimum atomic E-state index is 0.132. The van der Waals surface area contributed by atoms with Crippen LogP contribution in [0.3, 0.4) is 0 Å². The molecule has 2 fully saturated rings. The van der Waals surface area contributed by atoms with Crippen LogP contribution in [0.4, 0.5) is 0 Å². The summed E-state index contributed by atoms with van der Waals surface area (Å²) in [5.41, 5.74) is 0. The van der Waals surface area contributed by atoms with Gasteiger partial charge in [-0.1, -0.05) is 31.0 Å². The van der Waals surface area contributed by atoms with Crippen molar-refractivity contribution in [1.29, 1.82) is 0 Å². The molecule has 4 rings (SSSR count). The average molecular weight is 355 g/mol. The van der Waals surface area contributed by atoms with Crippen molar-refractivity contribution in [2.24, 2.45) is 5.92 Å². The van der Waals surface area contributed by atoms with Crippen molar-refractivity contribution in [3.05, 3.63) is 42.1 Å². The van der Waals surface area contributed by atoms with E-state index in [0.29, 0.717) is 24.2 Å². The van der Waals surface area contributed by atoms with Crippen LogP contribution in [0.25, 0.3) is 0 Å². The number of carbonyl (C=O) groups is 1. The molecule has 0 bridgehead atoms. The number of piperidine rings is 1. The monoisotopic (exact) mass is 355 g/mol. The van der Waals surface area contributed by atoms with Gasteiger partial charge in [-0.25, -0.2) is 0 Å². The molecule has 6 nitrogen and oxygen atoms in total. The van der Waals surface area contributed by atoms with Crippen LogP contribution in [0.1, 0.15) is 56.2 Å². The van der Waals surface area contributed by atoms with Gasteiger partial charge in [-0.3, -0.25) is 4.79 Å². The molecule has 6 heteroatoms. The Morgan fingerprint density at radius 2 is 1.92 bits per heavy atom. The highest BCUT2D eigenvalue weighted by molar-refractivity contribution is 5.79. The maximum absolute atomic E-state index is 12.7. The van der Waals surface area contributed by atoms with Gasteiger partial charge in [-0.05, 0) is 37.8 Å². The average Bonchev–Trinajstić information content (AvgIpc) is 3.39. The normalized spacial score (nSPS) is 21.1. The van der Waals surface area contributed by atoms with Crippen molar-refractivity contribution in [1.82, 2.24) is 15.1 Å². The second kappa shape index (κ2) is 7.89. The number of likely N-dealkylation sites (tertiary alicyclic amines) is 1. The van der Waals surface area contributed by atoms with Gasteiger partial charge in [0.1, 0.15) is 5.75 Å². The highest BCUT2D eigenvalue weighted by atomic mass is 16.5. The molecule has 1 amide bonds. The van der Waals surface area contributed by atoms with Crippen molar-refractivity contribution < 1.29 is 13.9 Å².